The Hall–Kier alpha value is -0.903. The van der Waals surface area contributed by atoms with E-state index >= 15 is 0 Å². The van der Waals surface area contributed by atoms with Gasteiger partial charge >= 0.3 is 9.46 Å². The molecule has 0 saturated heterocycles. The molecular formula is C9H12F2OSi. The van der Waals surface area contributed by atoms with Gasteiger partial charge in [0.25, 0.3) is 0 Å². The maximum atomic E-state index is 12.1. The van der Waals surface area contributed by atoms with Gasteiger partial charge in [-0.25, -0.2) is 0 Å². The van der Waals surface area contributed by atoms with E-state index in [1.807, 2.05) is 18.2 Å². The Balaban J connectivity index is 2.64. The van der Waals surface area contributed by atoms with Crippen LogP contribution in [-0.2, 0) is 6.42 Å². The highest BCUT2D eigenvalue weighted by molar-refractivity contribution is 6.42. The summed E-state index contributed by atoms with van der Waals surface area (Å²) in [6.45, 7) is 0. The number of hydrogen-bond donors (Lipinski definition) is 0. The summed E-state index contributed by atoms with van der Waals surface area (Å²) in [5, 5.41) is 0. The summed E-state index contributed by atoms with van der Waals surface area (Å²) < 4.78 is 29.2. The second-order valence-corrected chi connectivity index (χ2v) is 4.10. The van der Waals surface area contributed by atoms with Gasteiger partial charge in [0, 0.05) is 6.04 Å². The highest BCUT2D eigenvalue weighted by atomic mass is 28.4. The van der Waals surface area contributed by atoms with Crippen LogP contribution in [-0.4, -0.2) is 16.6 Å². The molecule has 4 heteroatoms. The van der Waals surface area contributed by atoms with Crippen molar-refractivity contribution in [1.29, 1.82) is 0 Å². The van der Waals surface area contributed by atoms with Gasteiger partial charge in [-0.3, -0.25) is 8.22 Å². The van der Waals surface area contributed by atoms with E-state index in [1.165, 1.54) is 0 Å². The summed E-state index contributed by atoms with van der Waals surface area (Å²) in [5.74, 6) is 0.706. The maximum Gasteiger partial charge on any atom is 0.411 e. The average molecular weight is 202 g/mol. The van der Waals surface area contributed by atoms with E-state index in [-0.39, 0.29) is 6.04 Å². The number of rotatable bonds is 4. The number of benzene rings is 1. The molecule has 0 fully saturated rings. The van der Waals surface area contributed by atoms with Crippen molar-refractivity contribution in [3.05, 3.63) is 29.8 Å². The topological polar surface area (TPSA) is 9.23 Å². The van der Waals surface area contributed by atoms with Gasteiger partial charge < -0.3 is 4.74 Å². The molecule has 0 radical (unpaired) electrons. The van der Waals surface area contributed by atoms with Crippen LogP contribution in [0.2, 0.25) is 6.04 Å². The zero-order valence-electron chi connectivity index (χ0n) is 7.47. The van der Waals surface area contributed by atoms with E-state index in [9.17, 15) is 8.22 Å². The van der Waals surface area contributed by atoms with Gasteiger partial charge in [0.2, 0.25) is 0 Å². The van der Waals surface area contributed by atoms with Crippen LogP contribution in [0, 0.1) is 0 Å². The molecule has 0 amide bonds. The Morgan fingerprint density at radius 3 is 2.62 bits per heavy atom. The minimum atomic E-state index is -3.43. The summed E-state index contributed by atoms with van der Waals surface area (Å²) in [6, 6.07) is 7.32. The lowest BCUT2D eigenvalue weighted by atomic mass is 10.1. The van der Waals surface area contributed by atoms with Gasteiger partial charge in [-0.05, 0) is 18.1 Å². The molecule has 13 heavy (non-hydrogen) atoms. The van der Waals surface area contributed by atoms with E-state index in [0.29, 0.717) is 12.2 Å². The van der Waals surface area contributed by atoms with E-state index < -0.39 is 9.46 Å². The molecule has 0 unspecified atom stereocenters. The first-order chi connectivity index (χ1) is 6.24. The van der Waals surface area contributed by atoms with Crippen molar-refractivity contribution in [1.82, 2.24) is 0 Å². The molecule has 1 aromatic carbocycles. The molecular weight excluding hydrogens is 190 g/mol. The van der Waals surface area contributed by atoms with Crippen LogP contribution < -0.4 is 4.74 Å². The molecule has 0 heterocycles. The van der Waals surface area contributed by atoms with Crippen molar-refractivity contribution in [3.63, 3.8) is 0 Å². The lowest BCUT2D eigenvalue weighted by Gasteiger charge is -2.06. The van der Waals surface area contributed by atoms with Crippen molar-refractivity contribution in [3.8, 4) is 5.75 Å². The van der Waals surface area contributed by atoms with Gasteiger partial charge in [0.05, 0.1) is 7.11 Å². The Kier molecular flexibility index (Phi) is 3.89. The Morgan fingerprint density at radius 1 is 1.31 bits per heavy atom. The Labute approximate surface area is 78.3 Å². The fourth-order valence-corrected chi connectivity index (χ4v) is 1.70. The Morgan fingerprint density at radius 2 is 2.00 bits per heavy atom. The zero-order chi connectivity index (χ0) is 9.68. The van der Waals surface area contributed by atoms with Crippen molar-refractivity contribution in [2.24, 2.45) is 0 Å². The first-order valence-corrected chi connectivity index (χ1v) is 5.83. The number of methoxy groups -OCH3 is 1. The standard InChI is InChI=1S/C9H12F2OSi/c1-12-9-5-3-2-4-8(9)6-7-13(10)11/h2-5,13H,6-7H2,1H3. The van der Waals surface area contributed by atoms with Crippen LogP contribution in [0.4, 0.5) is 8.22 Å². The number of aryl methyl sites for hydroxylation is 1. The molecule has 0 aliphatic heterocycles. The molecule has 0 N–H and O–H groups in total. The third-order valence-corrected chi connectivity index (χ3v) is 2.55. The minimum Gasteiger partial charge on any atom is -0.496 e. The number of hydrogen-bond acceptors (Lipinski definition) is 1. The normalized spacial score (nSPS) is 10.5. The van der Waals surface area contributed by atoms with Crippen LogP contribution in [0.15, 0.2) is 24.3 Å². The fourth-order valence-electron chi connectivity index (χ4n) is 1.17. The second kappa shape index (κ2) is 4.96. The van der Waals surface area contributed by atoms with Gasteiger partial charge in [-0.2, -0.15) is 0 Å². The van der Waals surface area contributed by atoms with Crippen molar-refractivity contribution < 1.29 is 13.0 Å². The molecule has 1 rings (SSSR count). The van der Waals surface area contributed by atoms with Crippen LogP contribution in [0.5, 0.6) is 5.75 Å². The smallest absolute Gasteiger partial charge is 0.411 e. The number of ether oxygens (including phenoxy) is 1. The SMILES string of the molecule is COc1ccccc1CC[SiH](F)F. The fraction of sp³-hybridized carbons (Fsp3) is 0.333. The first kappa shape index (κ1) is 10.2. The van der Waals surface area contributed by atoms with E-state index in [1.54, 1.807) is 13.2 Å². The van der Waals surface area contributed by atoms with Crippen LogP contribution in [0.25, 0.3) is 0 Å². The molecule has 1 nitrogen and oxygen atoms in total. The summed E-state index contributed by atoms with van der Waals surface area (Å²) in [5.41, 5.74) is 0.873. The van der Waals surface area contributed by atoms with Crippen molar-refractivity contribution in [2.45, 2.75) is 12.5 Å². The second-order valence-electron chi connectivity index (χ2n) is 2.74. The minimum absolute atomic E-state index is 0.0281. The lowest BCUT2D eigenvalue weighted by Crippen LogP contribution is -1.99. The molecule has 0 saturated carbocycles. The zero-order valence-corrected chi connectivity index (χ0v) is 8.62. The van der Waals surface area contributed by atoms with E-state index in [2.05, 4.69) is 0 Å². The third kappa shape index (κ3) is 3.14. The first-order valence-electron chi connectivity index (χ1n) is 4.14. The molecule has 0 atom stereocenters. The summed E-state index contributed by atoms with van der Waals surface area (Å²) in [7, 11) is -1.87. The molecule has 0 aromatic heterocycles. The van der Waals surface area contributed by atoms with E-state index in [0.717, 1.165) is 5.56 Å². The molecule has 0 spiro atoms. The van der Waals surface area contributed by atoms with Crippen molar-refractivity contribution in [2.75, 3.05) is 7.11 Å². The van der Waals surface area contributed by atoms with Crippen LogP contribution in [0.1, 0.15) is 5.56 Å². The van der Waals surface area contributed by atoms with Crippen LogP contribution in [0.3, 0.4) is 0 Å². The van der Waals surface area contributed by atoms with Gasteiger partial charge in [0.1, 0.15) is 5.75 Å². The Bertz CT molecular complexity index is 266. The highest BCUT2D eigenvalue weighted by Gasteiger charge is 2.09. The van der Waals surface area contributed by atoms with E-state index in [4.69, 9.17) is 4.74 Å². The summed E-state index contributed by atoms with van der Waals surface area (Å²) >= 11 is 0. The monoisotopic (exact) mass is 202 g/mol. The molecule has 1 aromatic rings. The summed E-state index contributed by atoms with van der Waals surface area (Å²) in [6.07, 6.45) is 0.425. The highest BCUT2D eigenvalue weighted by Crippen LogP contribution is 2.19. The average Bonchev–Trinajstić information content (AvgIpc) is 2.15. The molecule has 72 valence electrons. The number of para-hydroxylation sites is 1. The largest absolute Gasteiger partial charge is 0.496 e. The van der Waals surface area contributed by atoms with Gasteiger partial charge in [-0.15, -0.1) is 0 Å². The lowest BCUT2D eigenvalue weighted by molar-refractivity contribution is 0.410. The molecule has 0 bridgehead atoms. The molecule has 0 aliphatic rings. The number of halogens is 2. The quantitative estimate of drug-likeness (QED) is 0.538. The van der Waals surface area contributed by atoms with Crippen molar-refractivity contribution >= 4 is 9.46 Å². The summed E-state index contributed by atoms with van der Waals surface area (Å²) in [4.78, 5) is 0. The predicted molar refractivity (Wildman–Crippen MR) is 50.9 cm³/mol. The van der Waals surface area contributed by atoms with Gasteiger partial charge in [-0.1, -0.05) is 18.2 Å². The van der Waals surface area contributed by atoms with Gasteiger partial charge in [0.15, 0.2) is 0 Å². The predicted octanol–water partition coefficient (Wildman–Crippen LogP) is 2.40. The van der Waals surface area contributed by atoms with Crippen LogP contribution >= 0.6 is 0 Å². The molecule has 0 aliphatic carbocycles. The maximum absolute atomic E-state index is 12.1. The third-order valence-electron chi connectivity index (χ3n) is 1.82.